The van der Waals surface area contributed by atoms with Gasteiger partial charge in [0.05, 0.1) is 6.10 Å². The summed E-state index contributed by atoms with van der Waals surface area (Å²) < 4.78 is 6.17. The third-order valence-corrected chi connectivity index (χ3v) is 6.36. The lowest BCUT2D eigenvalue weighted by atomic mass is 9.97. The summed E-state index contributed by atoms with van der Waals surface area (Å²) in [5.74, 6) is 1.23. The van der Waals surface area contributed by atoms with Crippen molar-refractivity contribution in [2.24, 2.45) is 5.92 Å². The molecule has 2 aliphatic rings. The van der Waals surface area contributed by atoms with Gasteiger partial charge in [0, 0.05) is 76.2 Å². The standard InChI is InChI=1S/C24H34N4O2/c1-26-10-12-27(13-11-26)14-15-30-24-5-3-2-4-21(24)17-28-18-22(23(29)19-28)16-20-6-8-25-9-7-20/h2-9,22-23,29H,10-19H2,1H3/t22-,23-/m1/s1. The molecule has 0 spiro atoms. The fraction of sp³-hybridized carbons (Fsp3) is 0.542. The Bertz CT molecular complexity index is 780. The number of aliphatic hydroxyl groups excluding tert-OH is 1. The predicted octanol–water partition coefficient (Wildman–Crippen LogP) is 1.74. The molecule has 2 saturated heterocycles. The van der Waals surface area contributed by atoms with E-state index in [9.17, 15) is 5.11 Å². The van der Waals surface area contributed by atoms with Crippen LogP contribution in [0.3, 0.4) is 0 Å². The van der Waals surface area contributed by atoms with Gasteiger partial charge in [-0.05, 0) is 37.2 Å². The molecule has 0 unspecified atom stereocenters. The number of rotatable bonds is 8. The van der Waals surface area contributed by atoms with Gasteiger partial charge in [-0.25, -0.2) is 0 Å². The average Bonchev–Trinajstić information content (AvgIpc) is 3.10. The Kier molecular flexibility index (Phi) is 7.33. The van der Waals surface area contributed by atoms with Crippen LogP contribution in [0.15, 0.2) is 48.8 Å². The van der Waals surface area contributed by atoms with Crippen molar-refractivity contribution in [1.82, 2.24) is 19.7 Å². The highest BCUT2D eigenvalue weighted by Gasteiger charge is 2.31. The van der Waals surface area contributed by atoms with E-state index in [-0.39, 0.29) is 12.0 Å². The quantitative estimate of drug-likeness (QED) is 0.716. The molecule has 1 aromatic carbocycles. The number of nitrogens with zero attached hydrogens (tertiary/aromatic N) is 4. The maximum atomic E-state index is 10.6. The van der Waals surface area contributed by atoms with Crippen LogP contribution in [0.4, 0.5) is 0 Å². The summed E-state index contributed by atoms with van der Waals surface area (Å²) in [6.07, 6.45) is 4.25. The number of benzene rings is 1. The maximum absolute atomic E-state index is 10.6. The number of β-amino-alcohol motifs (C(OH)–C–C–N with tert-alkyl or cyclic N) is 1. The minimum absolute atomic E-state index is 0.262. The van der Waals surface area contributed by atoms with Crippen LogP contribution >= 0.6 is 0 Å². The van der Waals surface area contributed by atoms with Crippen molar-refractivity contribution in [2.45, 2.75) is 19.1 Å². The Morgan fingerprint density at radius 2 is 1.77 bits per heavy atom. The molecule has 2 fully saturated rings. The third kappa shape index (κ3) is 5.79. The highest BCUT2D eigenvalue weighted by molar-refractivity contribution is 5.33. The van der Waals surface area contributed by atoms with Gasteiger partial charge in [-0.15, -0.1) is 0 Å². The second-order valence-electron chi connectivity index (χ2n) is 8.68. The molecule has 0 saturated carbocycles. The zero-order chi connectivity index (χ0) is 20.8. The van der Waals surface area contributed by atoms with Crippen LogP contribution in [0.25, 0.3) is 0 Å². The second-order valence-corrected chi connectivity index (χ2v) is 8.68. The number of ether oxygens (including phenoxy) is 1. The number of aliphatic hydroxyl groups is 1. The summed E-state index contributed by atoms with van der Waals surface area (Å²) >= 11 is 0. The number of aromatic nitrogens is 1. The van der Waals surface area contributed by atoms with Gasteiger partial charge in [-0.1, -0.05) is 18.2 Å². The summed E-state index contributed by atoms with van der Waals surface area (Å²) in [4.78, 5) is 11.3. The summed E-state index contributed by atoms with van der Waals surface area (Å²) in [7, 11) is 2.18. The van der Waals surface area contributed by atoms with Gasteiger partial charge in [0.1, 0.15) is 12.4 Å². The Morgan fingerprint density at radius 1 is 1.00 bits per heavy atom. The topological polar surface area (TPSA) is 52.1 Å². The van der Waals surface area contributed by atoms with Crippen molar-refractivity contribution in [3.8, 4) is 5.75 Å². The first-order chi connectivity index (χ1) is 14.7. The van der Waals surface area contributed by atoms with Crippen LogP contribution in [-0.4, -0.2) is 90.4 Å². The first-order valence-corrected chi connectivity index (χ1v) is 11.1. The molecule has 0 bridgehead atoms. The number of pyridine rings is 1. The Hall–Kier alpha value is -1.99. The number of likely N-dealkylation sites (N-methyl/N-ethyl adjacent to an activating group) is 1. The summed E-state index contributed by atoms with van der Waals surface area (Å²) in [6, 6.07) is 12.4. The van der Waals surface area contributed by atoms with Crippen molar-refractivity contribution in [1.29, 1.82) is 0 Å². The smallest absolute Gasteiger partial charge is 0.123 e. The molecule has 4 rings (SSSR count). The molecule has 2 aliphatic heterocycles. The Morgan fingerprint density at radius 3 is 2.57 bits per heavy atom. The number of para-hydroxylation sites is 1. The van der Waals surface area contributed by atoms with E-state index in [1.165, 1.54) is 11.1 Å². The fourth-order valence-corrected chi connectivity index (χ4v) is 4.47. The van der Waals surface area contributed by atoms with Crippen molar-refractivity contribution >= 4 is 0 Å². The van der Waals surface area contributed by atoms with Gasteiger partial charge in [0.15, 0.2) is 0 Å². The fourth-order valence-electron chi connectivity index (χ4n) is 4.47. The van der Waals surface area contributed by atoms with Crippen molar-refractivity contribution in [2.75, 3.05) is 59.5 Å². The maximum Gasteiger partial charge on any atom is 0.123 e. The van der Waals surface area contributed by atoms with Gasteiger partial charge in [0.2, 0.25) is 0 Å². The molecule has 0 aliphatic carbocycles. The molecule has 6 nitrogen and oxygen atoms in total. The lowest BCUT2D eigenvalue weighted by molar-refractivity contribution is 0.132. The predicted molar refractivity (Wildman–Crippen MR) is 119 cm³/mol. The van der Waals surface area contributed by atoms with E-state index in [0.29, 0.717) is 13.2 Å². The van der Waals surface area contributed by atoms with E-state index in [4.69, 9.17) is 4.74 Å². The van der Waals surface area contributed by atoms with Crippen molar-refractivity contribution in [3.63, 3.8) is 0 Å². The van der Waals surface area contributed by atoms with Crippen LogP contribution < -0.4 is 4.74 Å². The van der Waals surface area contributed by atoms with Gasteiger partial charge in [-0.2, -0.15) is 0 Å². The second kappa shape index (κ2) is 10.4. The van der Waals surface area contributed by atoms with Gasteiger partial charge >= 0.3 is 0 Å². The molecule has 1 N–H and O–H groups in total. The molecule has 0 amide bonds. The summed E-state index contributed by atoms with van der Waals surface area (Å²) in [6.45, 7) is 8.62. The van der Waals surface area contributed by atoms with Crippen LogP contribution in [0.5, 0.6) is 5.75 Å². The molecule has 162 valence electrons. The first-order valence-electron chi connectivity index (χ1n) is 11.1. The van der Waals surface area contributed by atoms with E-state index in [0.717, 1.165) is 58.0 Å². The largest absolute Gasteiger partial charge is 0.492 e. The highest BCUT2D eigenvalue weighted by Crippen LogP contribution is 2.26. The van der Waals surface area contributed by atoms with Crippen LogP contribution in [-0.2, 0) is 13.0 Å². The molecule has 2 aromatic rings. The lowest BCUT2D eigenvalue weighted by Gasteiger charge is -2.32. The van der Waals surface area contributed by atoms with E-state index in [1.54, 1.807) is 0 Å². The summed E-state index contributed by atoms with van der Waals surface area (Å²) in [5.41, 5.74) is 2.44. The van der Waals surface area contributed by atoms with E-state index >= 15 is 0 Å². The number of piperazine rings is 1. The monoisotopic (exact) mass is 410 g/mol. The van der Waals surface area contributed by atoms with Gasteiger partial charge in [0.25, 0.3) is 0 Å². The van der Waals surface area contributed by atoms with Gasteiger partial charge in [-0.3, -0.25) is 14.8 Å². The molecule has 3 heterocycles. The molecule has 30 heavy (non-hydrogen) atoms. The Labute approximate surface area is 180 Å². The minimum atomic E-state index is -0.288. The molecule has 2 atom stereocenters. The zero-order valence-electron chi connectivity index (χ0n) is 18.0. The lowest BCUT2D eigenvalue weighted by Crippen LogP contribution is -2.45. The molecular weight excluding hydrogens is 376 g/mol. The third-order valence-electron chi connectivity index (χ3n) is 6.36. The number of likely N-dealkylation sites (tertiary alicyclic amines) is 1. The van der Waals surface area contributed by atoms with Crippen LogP contribution in [0.1, 0.15) is 11.1 Å². The molecular formula is C24H34N4O2. The zero-order valence-corrected chi connectivity index (χ0v) is 18.0. The minimum Gasteiger partial charge on any atom is -0.492 e. The van der Waals surface area contributed by atoms with Crippen LogP contribution in [0.2, 0.25) is 0 Å². The van der Waals surface area contributed by atoms with Crippen molar-refractivity contribution in [3.05, 3.63) is 59.9 Å². The van der Waals surface area contributed by atoms with Crippen molar-refractivity contribution < 1.29 is 9.84 Å². The number of hydrogen-bond donors (Lipinski definition) is 1. The summed E-state index contributed by atoms with van der Waals surface area (Å²) in [5, 5.41) is 10.6. The van der Waals surface area contributed by atoms with E-state index in [1.807, 2.05) is 30.6 Å². The first kappa shape index (κ1) is 21.2. The molecule has 0 radical (unpaired) electrons. The Balaban J connectivity index is 1.28. The van der Waals surface area contributed by atoms with Gasteiger partial charge < -0.3 is 14.7 Å². The average molecular weight is 411 g/mol. The molecule has 1 aromatic heterocycles. The SMILES string of the molecule is CN1CCN(CCOc2ccccc2CN2C[C@@H](Cc3ccncc3)[C@H](O)C2)CC1. The van der Waals surface area contributed by atoms with E-state index in [2.05, 4.69) is 44.9 Å². The van der Waals surface area contributed by atoms with Crippen LogP contribution in [0, 0.1) is 5.92 Å². The highest BCUT2D eigenvalue weighted by atomic mass is 16.5. The normalized spacial score (nSPS) is 23.7. The number of hydrogen-bond acceptors (Lipinski definition) is 6. The van der Waals surface area contributed by atoms with E-state index < -0.39 is 0 Å². The molecule has 6 heteroatoms.